The van der Waals surface area contributed by atoms with Gasteiger partial charge in [0.15, 0.2) is 0 Å². The van der Waals surface area contributed by atoms with Crippen LogP contribution in [0.25, 0.3) is 0 Å². The lowest BCUT2D eigenvalue weighted by Crippen LogP contribution is -2.31. The predicted octanol–water partition coefficient (Wildman–Crippen LogP) is 1.70. The number of nitrogens with zero attached hydrogens (tertiary/aromatic N) is 2. The quantitative estimate of drug-likeness (QED) is 0.774. The summed E-state index contributed by atoms with van der Waals surface area (Å²) in [5, 5.41) is 10.1. The van der Waals surface area contributed by atoms with Crippen LogP contribution in [-0.4, -0.2) is 20.7 Å². The Bertz CT molecular complexity index is 309. The average Bonchev–Trinajstić information content (AvgIpc) is 2.64. The number of rotatable bonds is 6. The van der Waals surface area contributed by atoms with E-state index in [0.29, 0.717) is 5.92 Å². The Balaban J connectivity index is 2.70. The zero-order chi connectivity index (χ0) is 12.1. The van der Waals surface area contributed by atoms with Gasteiger partial charge in [0.05, 0.1) is 18.2 Å². The molecule has 0 bridgehead atoms. The van der Waals surface area contributed by atoms with E-state index in [2.05, 4.69) is 25.8 Å². The van der Waals surface area contributed by atoms with Crippen molar-refractivity contribution in [2.24, 2.45) is 11.7 Å². The molecule has 0 amide bonds. The van der Waals surface area contributed by atoms with E-state index in [1.807, 2.05) is 4.57 Å². The van der Waals surface area contributed by atoms with Gasteiger partial charge in [-0.3, -0.25) is 0 Å². The van der Waals surface area contributed by atoms with Gasteiger partial charge in [0, 0.05) is 12.6 Å². The molecule has 2 unspecified atom stereocenters. The van der Waals surface area contributed by atoms with Gasteiger partial charge in [0.2, 0.25) is 0 Å². The number of hydrogen-bond donors (Lipinski definition) is 2. The third kappa shape index (κ3) is 3.32. The second-order valence-corrected chi connectivity index (χ2v) is 4.75. The van der Waals surface area contributed by atoms with E-state index >= 15 is 0 Å². The standard InChI is InChI=1S/C12H23N3O/c1-4-5-15-8-14-7-11(15)12(16)10(13)6-9(2)3/h7-10,12,16H,4-6,13H2,1-3H3. The molecule has 1 rings (SSSR count). The lowest BCUT2D eigenvalue weighted by molar-refractivity contribution is 0.127. The molecule has 4 nitrogen and oxygen atoms in total. The minimum Gasteiger partial charge on any atom is -0.385 e. The van der Waals surface area contributed by atoms with Gasteiger partial charge in [0.25, 0.3) is 0 Å². The first-order valence-electron chi connectivity index (χ1n) is 5.99. The van der Waals surface area contributed by atoms with Crippen molar-refractivity contribution >= 4 is 0 Å². The Hall–Kier alpha value is -0.870. The van der Waals surface area contributed by atoms with E-state index in [-0.39, 0.29) is 6.04 Å². The summed E-state index contributed by atoms with van der Waals surface area (Å²) in [5.41, 5.74) is 6.81. The molecule has 2 atom stereocenters. The van der Waals surface area contributed by atoms with Gasteiger partial charge in [-0.15, -0.1) is 0 Å². The second-order valence-electron chi connectivity index (χ2n) is 4.75. The van der Waals surface area contributed by atoms with Crippen molar-refractivity contribution in [2.75, 3.05) is 0 Å². The average molecular weight is 225 g/mol. The van der Waals surface area contributed by atoms with Gasteiger partial charge in [0.1, 0.15) is 6.10 Å². The zero-order valence-corrected chi connectivity index (χ0v) is 10.4. The van der Waals surface area contributed by atoms with Crippen molar-refractivity contribution in [3.8, 4) is 0 Å². The molecule has 1 heterocycles. The number of aromatic nitrogens is 2. The van der Waals surface area contributed by atoms with Crippen molar-refractivity contribution in [2.45, 2.75) is 52.3 Å². The normalized spacial score (nSPS) is 15.4. The maximum Gasteiger partial charge on any atom is 0.111 e. The highest BCUT2D eigenvalue weighted by molar-refractivity contribution is 5.05. The Morgan fingerprint density at radius 1 is 1.50 bits per heavy atom. The van der Waals surface area contributed by atoms with Crippen LogP contribution in [0.15, 0.2) is 12.5 Å². The molecule has 92 valence electrons. The second kappa shape index (κ2) is 6.01. The fourth-order valence-electron chi connectivity index (χ4n) is 1.90. The molecule has 0 aromatic carbocycles. The summed E-state index contributed by atoms with van der Waals surface area (Å²) < 4.78 is 1.98. The molecule has 16 heavy (non-hydrogen) atoms. The van der Waals surface area contributed by atoms with Crippen molar-refractivity contribution in [1.82, 2.24) is 9.55 Å². The first kappa shape index (κ1) is 13.2. The topological polar surface area (TPSA) is 64.1 Å². The maximum absolute atomic E-state index is 10.1. The summed E-state index contributed by atoms with van der Waals surface area (Å²) in [6.07, 6.45) is 4.69. The lowest BCUT2D eigenvalue weighted by atomic mass is 9.98. The Morgan fingerprint density at radius 3 is 2.75 bits per heavy atom. The number of aryl methyl sites for hydroxylation is 1. The summed E-state index contributed by atoms with van der Waals surface area (Å²) in [6.45, 7) is 7.19. The van der Waals surface area contributed by atoms with E-state index in [0.717, 1.165) is 25.1 Å². The lowest BCUT2D eigenvalue weighted by Gasteiger charge is -2.21. The van der Waals surface area contributed by atoms with Gasteiger partial charge in [-0.05, 0) is 18.8 Å². The zero-order valence-electron chi connectivity index (χ0n) is 10.4. The molecule has 0 spiro atoms. The molecule has 0 radical (unpaired) electrons. The van der Waals surface area contributed by atoms with Gasteiger partial charge in [-0.25, -0.2) is 4.98 Å². The minimum absolute atomic E-state index is 0.215. The van der Waals surface area contributed by atoms with Crippen LogP contribution < -0.4 is 5.73 Å². The van der Waals surface area contributed by atoms with Gasteiger partial charge < -0.3 is 15.4 Å². The SMILES string of the molecule is CCCn1cncc1C(O)C(N)CC(C)C. The number of hydrogen-bond acceptors (Lipinski definition) is 3. The highest BCUT2D eigenvalue weighted by Gasteiger charge is 2.21. The fourth-order valence-corrected chi connectivity index (χ4v) is 1.90. The summed E-state index contributed by atoms with van der Waals surface area (Å²) >= 11 is 0. The van der Waals surface area contributed by atoms with Crippen molar-refractivity contribution < 1.29 is 5.11 Å². The number of aliphatic hydroxyl groups excluding tert-OH is 1. The van der Waals surface area contributed by atoms with E-state index < -0.39 is 6.10 Å². The summed E-state index contributed by atoms with van der Waals surface area (Å²) in [5.74, 6) is 0.493. The van der Waals surface area contributed by atoms with E-state index in [1.165, 1.54) is 0 Å². The summed E-state index contributed by atoms with van der Waals surface area (Å²) in [6, 6.07) is -0.215. The first-order valence-corrected chi connectivity index (χ1v) is 5.99. The minimum atomic E-state index is -0.614. The van der Waals surface area contributed by atoms with Crippen molar-refractivity contribution in [1.29, 1.82) is 0 Å². The van der Waals surface area contributed by atoms with Crippen LogP contribution >= 0.6 is 0 Å². The molecule has 4 heteroatoms. The van der Waals surface area contributed by atoms with Gasteiger partial charge >= 0.3 is 0 Å². The highest BCUT2D eigenvalue weighted by Crippen LogP contribution is 2.20. The molecular formula is C12H23N3O. The third-order valence-electron chi connectivity index (χ3n) is 2.66. The van der Waals surface area contributed by atoms with Crippen LogP contribution in [0.2, 0.25) is 0 Å². The Morgan fingerprint density at radius 2 is 2.19 bits per heavy atom. The van der Waals surface area contributed by atoms with Crippen LogP contribution in [0.4, 0.5) is 0 Å². The molecule has 0 aliphatic carbocycles. The molecule has 0 aliphatic rings. The largest absolute Gasteiger partial charge is 0.385 e. The van der Waals surface area contributed by atoms with E-state index in [1.54, 1.807) is 12.5 Å². The number of imidazole rings is 1. The third-order valence-corrected chi connectivity index (χ3v) is 2.66. The van der Waals surface area contributed by atoms with Crippen molar-refractivity contribution in [3.63, 3.8) is 0 Å². The fraction of sp³-hybridized carbons (Fsp3) is 0.750. The molecule has 0 fully saturated rings. The first-order chi connectivity index (χ1) is 7.56. The van der Waals surface area contributed by atoms with Crippen LogP contribution in [0.1, 0.15) is 45.4 Å². The van der Waals surface area contributed by atoms with Crippen LogP contribution in [0.3, 0.4) is 0 Å². The smallest absolute Gasteiger partial charge is 0.111 e. The van der Waals surface area contributed by atoms with Crippen molar-refractivity contribution in [3.05, 3.63) is 18.2 Å². The number of nitrogens with two attached hydrogens (primary N) is 1. The number of aliphatic hydroxyl groups is 1. The van der Waals surface area contributed by atoms with Gasteiger partial charge in [-0.1, -0.05) is 20.8 Å². The molecule has 1 aromatic heterocycles. The predicted molar refractivity (Wildman–Crippen MR) is 64.9 cm³/mol. The Labute approximate surface area is 97.5 Å². The molecule has 0 saturated carbocycles. The van der Waals surface area contributed by atoms with Gasteiger partial charge in [-0.2, -0.15) is 0 Å². The molecule has 3 N–H and O–H groups in total. The monoisotopic (exact) mass is 225 g/mol. The molecule has 0 aliphatic heterocycles. The molecular weight excluding hydrogens is 202 g/mol. The highest BCUT2D eigenvalue weighted by atomic mass is 16.3. The summed E-state index contributed by atoms with van der Waals surface area (Å²) in [4.78, 5) is 4.07. The van der Waals surface area contributed by atoms with Crippen LogP contribution in [-0.2, 0) is 6.54 Å². The Kier molecular flexibility index (Phi) is 4.96. The van der Waals surface area contributed by atoms with Crippen LogP contribution in [0, 0.1) is 5.92 Å². The van der Waals surface area contributed by atoms with E-state index in [4.69, 9.17) is 5.73 Å². The maximum atomic E-state index is 10.1. The molecule has 1 aromatic rings. The van der Waals surface area contributed by atoms with E-state index in [9.17, 15) is 5.11 Å². The van der Waals surface area contributed by atoms with Crippen LogP contribution in [0.5, 0.6) is 0 Å². The molecule has 0 saturated heterocycles. The summed E-state index contributed by atoms with van der Waals surface area (Å²) in [7, 11) is 0.